The Hall–Kier alpha value is -2.62. The number of amides is 1. The predicted octanol–water partition coefficient (Wildman–Crippen LogP) is 4.04. The molecule has 2 aromatic rings. The number of carbonyl (C=O) groups is 1. The van der Waals surface area contributed by atoms with Crippen LogP contribution in [0, 0.1) is 6.92 Å². The first kappa shape index (κ1) is 17.7. The van der Waals surface area contributed by atoms with Crippen LogP contribution in [0.5, 0.6) is 5.75 Å². The number of aryl methyl sites for hydroxylation is 1. The van der Waals surface area contributed by atoms with Gasteiger partial charge in [0.25, 0.3) is 5.91 Å². The summed E-state index contributed by atoms with van der Waals surface area (Å²) in [6.07, 6.45) is 0. The van der Waals surface area contributed by atoms with Crippen LogP contribution in [0.2, 0.25) is 0 Å². The van der Waals surface area contributed by atoms with Crippen molar-refractivity contribution in [3.05, 3.63) is 65.2 Å². The number of hydrogen-bond acceptors (Lipinski definition) is 3. The van der Waals surface area contributed by atoms with E-state index in [0.29, 0.717) is 5.92 Å². The number of ether oxygens (including phenoxy) is 1. The van der Waals surface area contributed by atoms with Crippen molar-refractivity contribution >= 4 is 11.6 Å². The second-order valence-corrected chi connectivity index (χ2v) is 6.08. The molecular weight excluding hydrogens is 300 g/mol. The Morgan fingerprint density at radius 2 is 1.88 bits per heavy atom. The molecule has 126 valence electrons. The fourth-order valence-corrected chi connectivity index (χ4v) is 2.31. The Morgan fingerprint density at radius 3 is 2.54 bits per heavy atom. The highest BCUT2D eigenvalue weighted by Crippen LogP contribution is 2.27. The summed E-state index contributed by atoms with van der Waals surface area (Å²) >= 11 is 0. The summed E-state index contributed by atoms with van der Waals surface area (Å²) in [4.78, 5) is 12.0. The minimum absolute atomic E-state index is 0.0608. The van der Waals surface area contributed by atoms with Gasteiger partial charge in [0.2, 0.25) is 0 Å². The molecule has 0 heterocycles. The van der Waals surface area contributed by atoms with Crippen molar-refractivity contribution in [3.8, 4) is 5.75 Å². The van der Waals surface area contributed by atoms with Crippen LogP contribution in [0.15, 0.2) is 53.6 Å². The van der Waals surface area contributed by atoms with Gasteiger partial charge in [-0.25, -0.2) is 5.43 Å². The molecule has 1 N–H and O–H groups in total. The van der Waals surface area contributed by atoms with Gasteiger partial charge in [0.1, 0.15) is 5.75 Å². The van der Waals surface area contributed by atoms with Crippen molar-refractivity contribution in [2.24, 2.45) is 5.10 Å². The molecule has 4 nitrogen and oxygen atoms in total. The van der Waals surface area contributed by atoms with Crippen molar-refractivity contribution in [2.45, 2.75) is 33.6 Å². The molecule has 0 aliphatic rings. The maximum atomic E-state index is 12.0. The van der Waals surface area contributed by atoms with Gasteiger partial charge in [0, 0.05) is 0 Å². The first-order chi connectivity index (χ1) is 11.5. The summed E-state index contributed by atoms with van der Waals surface area (Å²) in [5, 5.41) is 4.12. The van der Waals surface area contributed by atoms with Crippen molar-refractivity contribution < 1.29 is 9.53 Å². The van der Waals surface area contributed by atoms with Crippen molar-refractivity contribution in [2.75, 3.05) is 6.61 Å². The lowest BCUT2D eigenvalue weighted by Gasteiger charge is -2.14. The molecule has 1 amide bonds. The summed E-state index contributed by atoms with van der Waals surface area (Å²) in [6, 6.07) is 15.8. The molecule has 4 heteroatoms. The zero-order valence-electron chi connectivity index (χ0n) is 14.7. The van der Waals surface area contributed by atoms with Crippen LogP contribution < -0.4 is 10.2 Å². The lowest BCUT2D eigenvalue weighted by atomic mass is 10.0. The summed E-state index contributed by atoms with van der Waals surface area (Å²) in [7, 11) is 0. The van der Waals surface area contributed by atoms with E-state index in [1.807, 2.05) is 56.3 Å². The van der Waals surface area contributed by atoms with Crippen molar-refractivity contribution in [3.63, 3.8) is 0 Å². The fraction of sp³-hybridized carbons (Fsp3) is 0.300. The molecule has 0 unspecified atom stereocenters. The van der Waals surface area contributed by atoms with Crippen LogP contribution in [0.1, 0.15) is 43.4 Å². The lowest BCUT2D eigenvalue weighted by Crippen LogP contribution is -2.26. The van der Waals surface area contributed by atoms with Crippen molar-refractivity contribution in [1.29, 1.82) is 0 Å². The van der Waals surface area contributed by atoms with Crippen LogP contribution in [0.3, 0.4) is 0 Å². The predicted molar refractivity (Wildman–Crippen MR) is 97.6 cm³/mol. The standard InChI is InChI=1S/C20H24N2O2/c1-14(2)18-11-10-15(3)12-19(18)24-13-20(23)22-21-16(4)17-8-6-5-7-9-17/h5-12,14H,13H2,1-4H3,(H,22,23)/b21-16+. The van der Waals surface area contributed by atoms with Gasteiger partial charge in [-0.2, -0.15) is 5.10 Å². The zero-order valence-corrected chi connectivity index (χ0v) is 14.7. The largest absolute Gasteiger partial charge is 0.483 e. The second-order valence-electron chi connectivity index (χ2n) is 6.08. The molecule has 0 saturated carbocycles. The molecule has 2 aromatic carbocycles. The quantitative estimate of drug-likeness (QED) is 0.644. The van der Waals surface area contributed by atoms with Gasteiger partial charge < -0.3 is 4.74 Å². The van der Waals surface area contributed by atoms with E-state index in [9.17, 15) is 4.79 Å². The molecule has 0 atom stereocenters. The molecule has 0 saturated heterocycles. The third-order valence-electron chi connectivity index (χ3n) is 3.69. The molecule has 0 radical (unpaired) electrons. The lowest BCUT2D eigenvalue weighted by molar-refractivity contribution is -0.123. The average Bonchev–Trinajstić information content (AvgIpc) is 2.58. The summed E-state index contributed by atoms with van der Waals surface area (Å²) in [6.45, 7) is 8.00. The van der Waals surface area contributed by atoms with Gasteiger partial charge in [-0.1, -0.05) is 56.3 Å². The van der Waals surface area contributed by atoms with Gasteiger partial charge >= 0.3 is 0 Å². The Labute approximate surface area is 143 Å². The number of nitrogens with zero attached hydrogens (tertiary/aromatic N) is 1. The van der Waals surface area contributed by atoms with E-state index >= 15 is 0 Å². The van der Waals surface area contributed by atoms with Crippen molar-refractivity contribution in [1.82, 2.24) is 5.43 Å². The third-order valence-corrected chi connectivity index (χ3v) is 3.69. The summed E-state index contributed by atoms with van der Waals surface area (Å²) in [5.41, 5.74) is 6.46. The fourth-order valence-electron chi connectivity index (χ4n) is 2.31. The number of benzene rings is 2. The number of nitrogens with one attached hydrogen (secondary N) is 1. The monoisotopic (exact) mass is 324 g/mol. The van der Waals surface area contributed by atoms with E-state index in [4.69, 9.17) is 4.74 Å². The first-order valence-corrected chi connectivity index (χ1v) is 8.09. The maximum absolute atomic E-state index is 12.0. The van der Waals surface area contributed by atoms with E-state index < -0.39 is 0 Å². The van der Waals surface area contributed by atoms with Gasteiger partial charge in [-0.05, 0) is 42.5 Å². The van der Waals surface area contributed by atoms with Gasteiger partial charge in [-0.3, -0.25) is 4.79 Å². The summed E-state index contributed by atoms with van der Waals surface area (Å²) < 4.78 is 5.70. The molecule has 2 rings (SSSR count). The molecule has 0 aliphatic heterocycles. The SMILES string of the molecule is C/C(=N\NC(=O)COc1cc(C)ccc1C(C)C)c1ccccc1. The summed E-state index contributed by atoms with van der Waals surface area (Å²) in [5.74, 6) is 0.812. The van der Waals surface area contributed by atoms with Gasteiger partial charge in [-0.15, -0.1) is 0 Å². The Bertz CT molecular complexity index is 722. The van der Waals surface area contributed by atoms with E-state index in [1.165, 1.54) is 0 Å². The normalized spacial score (nSPS) is 11.5. The van der Waals surface area contributed by atoms with E-state index in [0.717, 1.165) is 28.2 Å². The molecular formula is C20H24N2O2. The minimum atomic E-state index is -0.276. The molecule has 0 aliphatic carbocycles. The van der Waals surface area contributed by atoms with E-state index in [2.05, 4.69) is 30.4 Å². The van der Waals surface area contributed by atoms with Gasteiger partial charge in [0.15, 0.2) is 6.61 Å². The van der Waals surface area contributed by atoms with Crippen LogP contribution in [-0.2, 0) is 4.79 Å². The Balaban J connectivity index is 1.95. The maximum Gasteiger partial charge on any atom is 0.277 e. The van der Waals surface area contributed by atoms with Crippen LogP contribution in [0.4, 0.5) is 0 Å². The van der Waals surface area contributed by atoms with Gasteiger partial charge in [0.05, 0.1) is 5.71 Å². The number of hydrazone groups is 1. The van der Waals surface area contributed by atoms with E-state index in [-0.39, 0.29) is 12.5 Å². The number of hydrogen-bond donors (Lipinski definition) is 1. The topological polar surface area (TPSA) is 50.7 Å². The highest BCUT2D eigenvalue weighted by atomic mass is 16.5. The van der Waals surface area contributed by atoms with E-state index in [1.54, 1.807) is 0 Å². The molecule has 0 fully saturated rings. The van der Waals surface area contributed by atoms with Crippen LogP contribution >= 0.6 is 0 Å². The molecule has 0 bridgehead atoms. The zero-order chi connectivity index (χ0) is 17.5. The first-order valence-electron chi connectivity index (χ1n) is 8.09. The number of rotatable bonds is 6. The highest BCUT2D eigenvalue weighted by molar-refractivity contribution is 5.99. The van der Waals surface area contributed by atoms with Crippen LogP contribution in [0.25, 0.3) is 0 Å². The number of carbonyl (C=O) groups excluding carboxylic acids is 1. The second kappa shape index (κ2) is 8.29. The smallest absolute Gasteiger partial charge is 0.277 e. The van der Waals surface area contributed by atoms with Crippen LogP contribution in [-0.4, -0.2) is 18.2 Å². The Morgan fingerprint density at radius 1 is 1.17 bits per heavy atom. The molecule has 24 heavy (non-hydrogen) atoms. The average molecular weight is 324 g/mol. The molecule has 0 aromatic heterocycles. The molecule has 0 spiro atoms. The third kappa shape index (κ3) is 4.95. The Kier molecular flexibility index (Phi) is 6.13. The minimum Gasteiger partial charge on any atom is -0.483 e. The highest BCUT2D eigenvalue weighted by Gasteiger charge is 2.10.